The summed E-state index contributed by atoms with van der Waals surface area (Å²) in [6.45, 7) is 3.39. The van der Waals surface area contributed by atoms with Crippen molar-refractivity contribution in [2.75, 3.05) is 13.1 Å². The zero-order valence-corrected chi connectivity index (χ0v) is 9.65. The van der Waals surface area contributed by atoms with Gasteiger partial charge in [0.1, 0.15) is 5.82 Å². The zero-order chi connectivity index (χ0) is 11.0. The summed E-state index contributed by atoms with van der Waals surface area (Å²) in [5.41, 5.74) is 7.30. The Balaban J connectivity index is 1.75. The number of rotatable bonds is 2. The van der Waals surface area contributed by atoms with Gasteiger partial charge < -0.3 is 15.6 Å². The lowest BCUT2D eigenvalue weighted by atomic mass is 10.0. The van der Waals surface area contributed by atoms with E-state index in [4.69, 9.17) is 5.73 Å². The predicted molar refractivity (Wildman–Crippen MR) is 63.2 cm³/mol. The van der Waals surface area contributed by atoms with Gasteiger partial charge in [0.15, 0.2) is 0 Å². The fraction of sp³-hybridized carbons (Fsp3) is 0.750. The van der Waals surface area contributed by atoms with Crippen LogP contribution in [-0.2, 0) is 19.4 Å². The molecule has 0 spiro atoms. The van der Waals surface area contributed by atoms with Crippen LogP contribution < -0.4 is 11.1 Å². The Kier molecular flexibility index (Phi) is 2.69. The summed E-state index contributed by atoms with van der Waals surface area (Å²) in [4.78, 5) is 4.58. The number of hydrogen-bond donors (Lipinski definition) is 2. The van der Waals surface area contributed by atoms with Gasteiger partial charge in [0, 0.05) is 37.3 Å². The van der Waals surface area contributed by atoms with Crippen molar-refractivity contribution in [3.05, 3.63) is 17.7 Å². The van der Waals surface area contributed by atoms with Crippen LogP contribution in [0.5, 0.6) is 0 Å². The second-order valence-corrected chi connectivity index (χ2v) is 5.13. The fourth-order valence-corrected chi connectivity index (χ4v) is 2.87. The van der Waals surface area contributed by atoms with Gasteiger partial charge in [-0.05, 0) is 31.8 Å². The number of imidazole rings is 1. The van der Waals surface area contributed by atoms with E-state index in [-0.39, 0.29) is 0 Å². The SMILES string of the molecule is NC1CCn2c(cnc2CC2CCNC2)C1. The third kappa shape index (κ3) is 1.87. The van der Waals surface area contributed by atoms with Crippen molar-refractivity contribution in [3.8, 4) is 0 Å². The highest BCUT2D eigenvalue weighted by molar-refractivity contribution is 5.10. The molecule has 3 rings (SSSR count). The third-order valence-electron chi connectivity index (χ3n) is 3.85. The van der Waals surface area contributed by atoms with Crippen LogP contribution in [0.2, 0.25) is 0 Å². The van der Waals surface area contributed by atoms with Crippen LogP contribution in [0.3, 0.4) is 0 Å². The van der Waals surface area contributed by atoms with Gasteiger partial charge in [0.25, 0.3) is 0 Å². The van der Waals surface area contributed by atoms with Crippen molar-refractivity contribution in [3.63, 3.8) is 0 Å². The van der Waals surface area contributed by atoms with Crippen LogP contribution in [0.25, 0.3) is 0 Å². The maximum absolute atomic E-state index is 5.97. The molecule has 3 N–H and O–H groups in total. The van der Waals surface area contributed by atoms with Gasteiger partial charge in [-0.15, -0.1) is 0 Å². The molecule has 0 aromatic carbocycles. The molecule has 1 aromatic rings. The maximum Gasteiger partial charge on any atom is 0.109 e. The summed E-state index contributed by atoms with van der Waals surface area (Å²) in [6, 6.07) is 0.338. The Bertz CT molecular complexity index is 365. The molecule has 1 fully saturated rings. The molecule has 1 aromatic heterocycles. The van der Waals surface area contributed by atoms with E-state index < -0.39 is 0 Å². The number of nitrogens with one attached hydrogen (secondary N) is 1. The molecule has 4 heteroatoms. The molecule has 88 valence electrons. The van der Waals surface area contributed by atoms with Crippen molar-refractivity contribution in [2.45, 2.75) is 38.3 Å². The first-order valence-electron chi connectivity index (χ1n) is 6.32. The Hall–Kier alpha value is -0.870. The molecule has 1 saturated heterocycles. The monoisotopic (exact) mass is 220 g/mol. The van der Waals surface area contributed by atoms with E-state index in [2.05, 4.69) is 14.9 Å². The minimum absolute atomic E-state index is 0.338. The number of fused-ring (bicyclic) bond motifs is 1. The van der Waals surface area contributed by atoms with Gasteiger partial charge >= 0.3 is 0 Å². The van der Waals surface area contributed by atoms with Gasteiger partial charge in [0.2, 0.25) is 0 Å². The summed E-state index contributed by atoms with van der Waals surface area (Å²) in [5, 5.41) is 3.41. The Morgan fingerprint density at radius 2 is 2.44 bits per heavy atom. The van der Waals surface area contributed by atoms with Crippen molar-refractivity contribution in [1.82, 2.24) is 14.9 Å². The van der Waals surface area contributed by atoms with Gasteiger partial charge in [-0.3, -0.25) is 0 Å². The molecular formula is C12H20N4. The van der Waals surface area contributed by atoms with Crippen LogP contribution in [0.1, 0.15) is 24.4 Å². The lowest BCUT2D eigenvalue weighted by Crippen LogP contribution is -2.31. The number of aromatic nitrogens is 2. The average molecular weight is 220 g/mol. The first-order valence-corrected chi connectivity index (χ1v) is 6.32. The van der Waals surface area contributed by atoms with Gasteiger partial charge in [0.05, 0.1) is 0 Å². The molecule has 3 heterocycles. The van der Waals surface area contributed by atoms with Gasteiger partial charge in [-0.1, -0.05) is 0 Å². The summed E-state index contributed by atoms with van der Waals surface area (Å²) in [6.07, 6.45) is 6.54. The number of nitrogens with zero attached hydrogens (tertiary/aromatic N) is 2. The molecule has 16 heavy (non-hydrogen) atoms. The minimum atomic E-state index is 0.338. The van der Waals surface area contributed by atoms with E-state index in [1.165, 1.54) is 24.5 Å². The van der Waals surface area contributed by atoms with Gasteiger partial charge in [-0.25, -0.2) is 4.98 Å². The van der Waals surface area contributed by atoms with Gasteiger partial charge in [-0.2, -0.15) is 0 Å². The summed E-state index contributed by atoms with van der Waals surface area (Å²) < 4.78 is 2.39. The van der Waals surface area contributed by atoms with E-state index >= 15 is 0 Å². The molecule has 2 unspecified atom stereocenters. The molecule has 2 aliphatic heterocycles. The maximum atomic E-state index is 5.97. The van der Waals surface area contributed by atoms with Crippen LogP contribution in [0.4, 0.5) is 0 Å². The van der Waals surface area contributed by atoms with E-state index in [0.717, 1.165) is 38.3 Å². The second-order valence-electron chi connectivity index (χ2n) is 5.13. The second kappa shape index (κ2) is 4.18. The lowest BCUT2D eigenvalue weighted by molar-refractivity contribution is 0.446. The first kappa shape index (κ1) is 10.3. The van der Waals surface area contributed by atoms with E-state index in [1.807, 2.05) is 6.20 Å². The van der Waals surface area contributed by atoms with E-state index in [9.17, 15) is 0 Å². The van der Waals surface area contributed by atoms with Crippen molar-refractivity contribution >= 4 is 0 Å². The summed E-state index contributed by atoms with van der Waals surface area (Å²) in [7, 11) is 0. The molecule has 2 aliphatic rings. The number of nitrogens with two attached hydrogens (primary N) is 1. The molecule has 0 bridgehead atoms. The Labute approximate surface area is 96.2 Å². The highest BCUT2D eigenvalue weighted by Crippen LogP contribution is 2.20. The van der Waals surface area contributed by atoms with E-state index in [0.29, 0.717) is 6.04 Å². The van der Waals surface area contributed by atoms with Crippen LogP contribution in [0.15, 0.2) is 6.20 Å². The topological polar surface area (TPSA) is 55.9 Å². The first-order chi connectivity index (χ1) is 7.83. The van der Waals surface area contributed by atoms with Crippen LogP contribution in [0, 0.1) is 5.92 Å². The quantitative estimate of drug-likeness (QED) is 0.754. The van der Waals surface area contributed by atoms with Crippen molar-refractivity contribution in [2.24, 2.45) is 11.7 Å². The minimum Gasteiger partial charge on any atom is -0.332 e. The van der Waals surface area contributed by atoms with Crippen molar-refractivity contribution in [1.29, 1.82) is 0 Å². The van der Waals surface area contributed by atoms with Crippen LogP contribution in [-0.4, -0.2) is 28.7 Å². The predicted octanol–water partition coefficient (Wildman–Crippen LogP) is 0.309. The highest BCUT2D eigenvalue weighted by atomic mass is 15.1. The van der Waals surface area contributed by atoms with Crippen molar-refractivity contribution < 1.29 is 0 Å². The molecule has 0 saturated carbocycles. The molecule has 4 nitrogen and oxygen atoms in total. The number of hydrogen-bond acceptors (Lipinski definition) is 3. The molecule has 0 aliphatic carbocycles. The highest BCUT2D eigenvalue weighted by Gasteiger charge is 2.22. The molecule has 2 atom stereocenters. The Morgan fingerprint density at radius 1 is 1.50 bits per heavy atom. The standard InChI is InChI=1S/C12H20N4/c13-10-2-4-16-11(6-10)8-15-12(16)5-9-1-3-14-7-9/h8-10,14H,1-7,13H2. The lowest BCUT2D eigenvalue weighted by Gasteiger charge is -2.22. The summed E-state index contributed by atoms with van der Waals surface area (Å²) >= 11 is 0. The van der Waals surface area contributed by atoms with Crippen LogP contribution >= 0.6 is 0 Å². The molecule has 0 radical (unpaired) electrons. The van der Waals surface area contributed by atoms with E-state index in [1.54, 1.807) is 0 Å². The molecule has 0 amide bonds. The molecular weight excluding hydrogens is 200 g/mol. The summed E-state index contributed by atoms with van der Waals surface area (Å²) in [5.74, 6) is 2.05. The fourth-order valence-electron chi connectivity index (χ4n) is 2.87. The average Bonchev–Trinajstić information content (AvgIpc) is 2.89. The largest absolute Gasteiger partial charge is 0.332 e. The zero-order valence-electron chi connectivity index (χ0n) is 9.65. The Morgan fingerprint density at radius 3 is 3.25 bits per heavy atom. The third-order valence-corrected chi connectivity index (χ3v) is 3.85. The smallest absolute Gasteiger partial charge is 0.109 e. The normalized spacial score (nSPS) is 29.3.